The van der Waals surface area contributed by atoms with Gasteiger partial charge in [0.05, 0.1) is 30.5 Å². The number of hydrogen-bond acceptors (Lipinski definition) is 5. The summed E-state index contributed by atoms with van der Waals surface area (Å²) < 4.78 is 16.2. The monoisotopic (exact) mass is 419 g/mol. The first kappa shape index (κ1) is 18.9. The van der Waals surface area contributed by atoms with Crippen LogP contribution in [-0.4, -0.2) is 60.1 Å². The second-order valence-electron chi connectivity index (χ2n) is 7.30. The number of aromatic nitrogens is 5. The molecular formula is C21H18FN7O2. The Morgan fingerprint density at radius 3 is 2.65 bits per heavy atom. The summed E-state index contributed by atoms with van der Waals surface area (Å²) >= 11 is 0. The molecule has 1 aliphatic rings. The number of imidazole rings is 1. The largest absolute Gasteiger partial charge is 0.333 e. The number of rotatable bonds is 4. The highest BCUT2D eigenvalue weighted by Crippen LogP contribution is 2.21. The van der Waals surface area contributed by atoms with Crippen LogP contribution in [0.3, 0.4) is 0 Å². The van der Waals surface area contributed by atoms with Crippen LogP contribution < -0.4 is 5.32 Å². The van der Waals surface area contributed by atoms with Crippen LogP contribution in [0.5, 0.6) is 0 Å². The van der Waals surface area contributed by atoms with Gasteiger partial charge in [0.1, 0.15) is 17.7 Å². The van der Waals surface area contributed by atoms with Crippen molar-refractivity contribution in [2.45, 2.75) is 6.17 Å². The fourth-order valence-corrected chi connectivity index (χ4v) is 3.49. The molecule has 0 atom stereocenters. The number of carbonyl (C=O) groups excluding carboxylic acids is 2. The lowest BCUT2D eigenvalue weighted by Crippen LogP contribution is -2.51. The zero-order valence-corrected chi connectivity index (χ0v) is 16.6. The van der Waals surface area contributed by atoms with Crippen molar-refractivity contribution in [1.82, 2.24) is 29.0 Å². The zero-order valence-electron chi connectivity index (χ0n) is 16.6. The molecule has 0 radical (unpaired) electrons. The maximum Gasteiger partial charge on any atom is 0.275 e. The van der Waals surface area contributed by atoms with Gasteiger partial charge in [0.2, 0.25) is 5.78 Å². The van der Waals surface area contributed by atoms with Crippen molar-refractivity contribution >= 4 is 23.4 Å². The summed E-state index contributed by atoms with van der Waals surface area (Å²) in [5.41, 5.74) is 1.93. The standard InChI is InChI=1S/C21H18FN7O2/c1-27-18(15(9-23-27)20(31)29-10-14(22)11-29)19(30)25-17-7-8-28-12-16(24-21(28)26-17)13-5-3-2-4-6-13/h2-9,12,14H,10-11H2,1H3,(H,24,25,26,30). The molecule has 31 heavy (non-hydrogen) atoms. The Kier molecular flexibility index (Phi) is 4.46. The highest BCUT2D eigenvalue weighted by molar-refractivity contribution is 6.10. The molecule has 0 aliphatic carbocycles. The second-order valence-corrected chi connectivity index (χ2v) is 7.30. The van der Waals surface area contributed by atoms with Gasteiger partial charge in [0, 0.05) is 25.0 Å². The van der Waals surface area contributed by atoms with E-state index < -0.39 is 18.0 Å². The Hall–Kier alpha value is -4.08. The molecule has 1 N–H and O–H groups in total. The van der Waals surface area contributed by atoms with E-state index in [0.717, 1.165) is 11.3 Å². The highest BCUT2D eigenvalue weighted by atomic mass is 19.1. The molecule has 1 fully saturated rings. The molecule has 4 aromatic rings. The first-order valence-corrected chi connectivity index (χ1v) is 9.67. The molecule has 2 amide bonds. The third-order valence-corrected chi connectivity index (χ3v) is 5.15. The van der Waals surface area contributed by atoms with Crippen LogP contribution in [-0.2, 0) is 7.05 Å². The Labute approximate surface area is 176 Å². The molecule has 0 unspecified atom stereocenters. The van der Waals surface area contributed by atoms with Gasteiger partial charge in [-0.15, -0.1) is 0 Å². The number of nitrogens with zero attached hydrogens (tertiary/aromatic N) is 6. The molecule has 1 saturated heterocycles. The zero-order chi connectivity index (χ0) is 21.5. The molecule has 10 heteroatoms. The molecule has 5 rings (SSSR count). The Morgan fingerprint density at radius 1 is 1.13 bits per heavy atom. The van der Waals surface area contributed by atoms with E-state index in [4.69, 9.17) is 0 Å². The number of alkyl halides is 1. The number of fused-ring (bicyclic) bond motifs is 1. The van der Waals surface area contributed by atoms with Gasteiger partial charge in [-0.05, 0) is 6.07 Å². The van der Waals surface area contributed by atoms with Gasteiger partial charge < -0.3 is 10.2 Å². The lowest BCUT2D eigenvalue weighted by atomic mass is 10.1. The van der Waals surface area contributed by atoms with Crippen LogP contribution in [0.15, 0.2) is 55.0 Å². The lowest BCUT2D eigenvalue weighted by Gasteiger charge is -2.34. The summed E-state index contributed by atoms with van der Waals surface area (Å²) in [7, 11) is 1.57. The van der Waals surface area contributed by atoms with Crippen molar-refractivity contribution in [1.29, 1.82) is 0 Å². The van der Waals surface area contributed by atoms with E-state index >= 15 is 0 Å². The van der Waals surface area contributed by atoms with Gasteiger partial charge in [0.15, 0.2) is 0 Å². The number of hydrogen-bond donors (Lipinski definition) is 1. The van der Waals surface area contributed by atoms with Crippen LogP contribution >= 0.6 is 0 Å². The fraction of sp³-hybridized carbons (Fsp3) is 0.190. The van der Waals surface area contributed by atoms with Crippen molar-refractivity contribution in [3.05, 3.63) is 66.2 Å². The smallest absolute Gasteiger partial charge is 0.275 e. The van der Waals surface area contributed by atoms with Gasteiger partial charge in [-0.3, -0.25) is 18.7 Å². The summed E-state index contributed by atoms with van der Waals surface area (Å²) in [6.45, 7) is 0.0489. The van der Waals surface area contributed by atoms with E-state index in [-0.39, 0.29) is 30.2 Å². The molecule has 1 aliphatic heterocycles. The SMILES string of the molecule is Cn1ncc(C(=O)N2CC(F)C2)c1C(=O)Nc1ccn2cc(-c3ccccc3)nc2n1. The minimum Gasteiger partial charge on any atom is -0.333 e. The Morgan fingerprint density at radius 2 is 1.90 bits per heavy atom. The van der Waals surface area contributed by atoms with Crippen molar-refractivity contribution in [2.75, 3.05) is 18.4 Å². The van der Waals surface area contributed by atoms with Crippen molar-refractivity contribution in [3.8, 4) is 11.3 Å². The van der Waals surface area contributed by atoms with Crippen molar-refractivity contribution in [3.63, 3.8) is 0 Å². The maximum atomic E-state index is 13.1. The van der Waals surface area contributed by atoms with E-state index in [1.807, 2.05) is 36.5 Å². The number of benzene rings is 1. The molecule has 3 aromatic heterocycles. The molecule has 156 valence electrons. The highest BCUT2D eigenvalue weighted by Gasteiger charge is 2.34. The number of anilines is 1. The van der Waals surface area contributed by atoms with Gasteiger partial charge in [-0.1, -0.05) is 30.3 Å². The minimum absolute atomic E-state index is 0.0244. The molecule has 9 nitrogen and oxygen atoms in total. The fourth-order valence-electron chi connectivity index (χ4n) is 3.49. The van der Waals surface area contributed by atoms with Gasteiger partial charge in [-0.2, -0.15) is 10.1 Å². The molecule has 0 saturated carbocycles. The number of likely N-dealkylation sites (tertiary alicyclic amines) is 1. The topological polar surface area (TPSA) is 97.4 Å². The number of halogens is 1. The molecule has 0 bridgehead atoms. The van der Waals surface area contributed by atoms with E-state index in [2.05, 4.69) is 20.4 Å². The first-order valence-electron chi connectivity index (χ1n) is 9.67. The van der Waals surface area contributed by atoms with Crippen LogP contribution in [0.4, 0.5) is 10.2 Å². The van der Waals surface area contributed by atoms with Crippen molar-refractivity contribution in [2.24, 2.45) is 7.05 Å². The number of amides is 2. The van der Waals surface area contributed by atoms with E-state index in [9.17, 15) is 14.0 Å². The minimum atomic E-state index is -1.02. The maximum absolute atomic E-state index is 13.1. The average molecular weight is 419 g/mol. The summed E-state index contributed by atoms with van der Waals surface area (Å²) in [6.07, 6.45) is 3.89. The molecule has 0 spiro atoms. The first-order chi connectivity index (χ1) is 15.0. The third-order valence-electron chi connectivity index (χ3n) is 5.15. The van der Waals surface area contributed by atoms with Gasteiger partial charge >= 0.3 is 0 Å². The normalized spacial score (nSPS) is 13.9. The lowest BCUT2D eigenvalue weighted by molar-refractivity contribution is 0.0398. The van der Waals surface area contributed by atoms with Crippen LogP contribution in [0.2, 0.25) is 0 Å². The molecular weight excluding hydrogens is 401 g/mol. The van der Waals surface area contributed by atoms with E-state index in [0.29, 0.717) is 5.78 Å². The number of nitrogens with one attached hydrogen (secondary N) is 1. The quantitative estimate of drug-likeness (QED) is 0.547. The van der Waals surface area contributed by atoms with E-state index in [1.54, 1.807) is 23.7 Å². The average Bonchev–Trinajstić information content (AvgIpc) is 3.35. The van der Waals surface area contributed by atoms with Crippen LogP contribution in [0, 0.1) is 0 Å². The number of aryl methyl sites for hydroxylation is 1. The number of carbonyl (C=O) groups is 2. The summed E-state index contributed by atoms with van der Waals surface area (Å²) in [4.78, 5) is 35.7. The third kappa shape index (κ3) is 3.41. The summed E-state index contributed by atoms with van der Waals surface area (Å²) in [5, 5.41) is 6.72. The second kappa shape index (κ2) is 7.31. The van der Waals surface area contributed by atoms with Crippen molar-refractivity contribution < 1.29 is 14.0 Å². The van der Waals surface area contributed by atoms with Crippen LogP contribution in [0.25, 0.3) is 17.0 Å². The van der Waals surface area contributed by atoms with E-state index in [1.165, 1.54) is 15.8 Å². The summed E-state index contributed by atoms with van der Waals surface area (Å²) in [6, 6.07) is 11.3. The molecule has 4 heterocycles. The van der Waals surface area contributed by atoms with Gasteiger partial charge in [0.25, 0.3) is 11.8 Å². The predicted octanol–water partition coefficient (Wildman–Crippen LogP) is 2.18. The Balaban J connectivity index is 1.39. The predicted molar refractivity (Wildman–Crippen MR) is 110 cm³/mol. The Bertz CT molecular complexity index is 1290. The summed E-state index contributed by atoms with van der Waals surface area (Å²) in [5.74, 6) is -0.244. The van der Waals surface area contributed by atoms with Crippen LogP contribution in [0.1, 0.15) is 20.8 Å². The van der Waals surface area contributed by atoms with Gasteiger partial charge in [-0.25, -0.2) is 9.37 Å². The molecule has 1 aromatic carbocycles.